The second-order valence-electron chi connectivity index (χ2n) is 9.76. The fourth-order valence-corrected chi connectivity index (χ4v) is 5.41. The van der Waals surface area contributed by atoms with Crippen LogP contribution >= 0.6 is 0 Å². The topological polar surface area (TPSA) is 92.1 Å². The van der Waals surface area contributed by atoms with E-state index in [9.17, 15) is 9.59 Å². The van der Waals surface area contributed by atoms with Crippen molar-refractivity contribution in [1.29, 1.82) is 0 Å². The van der Waals surface area contributed by atoms with E-state index in [1.807, 2.05) is 38.7 Å². The molecule has 1 aliphatic carbocycles. The normalized spacial score (nSPS) is 17.1. The number of imidazole rings is 1. The number of aromatic amines is 1. The highest BCUT2D eigenvalue weighted by molar-refractivity contribution is 5.85. The molecule has 1 amide bonds. The highest BCUT2D eigenvalue weighted by atomic mass is 16.2. The van der Waals surface area contributed by atoms with Crippen LogP contribution < -0.4 is 5.69 Å². The number of hydrogen-bond donors (Lipinski definition) is 1. The predicted octanol–water partition coefficient (Wildman–Crippen LogP) is 3.32. The van der Waals surface area contributed by atoms with Gasteiger partial charge in [-0.3, -0.25) is 14.3 Å². The van der Waals surface area contributed by atoms with Gasteiger partial charge in [-0.1, -0.05) is 6.08 Å². The van der Waals surface area contributed by atoms with Crippen LogP contribution in [0.1, 0.15) is 32.6 Å². The van der Waals surface area contributed by atoms with Gasteiger partial charge in [-0.2, -0.15) is 0 Å². The lowest BCUT2D eigenvalue weighted by molar-refractivity contribution is -0.130. The number of nitrogens with one attached hydrogen (secondary N) is 1. The molecule has 0 saturated carbocycles. The summed E-state index contributed by atoms with van der Waals surface area (Å²) < 4.78 is 3.69. The number of piperazine rings is 1. The van der Waals surface area contributed by atoms with Gasteiger partial charge in [-0.25, -0.2) is 19.3 Å². The molecule has 5 heterocycles. The number of allylic oxidation sites excluding steroid dienone is 2. The zero-order valence-electron chi connectivity index (χ0n) is 20.6. The van der Waals surface area contributed by atoms with Gasteiger partial charge in [-0.15, -0.1) is 0 Å². The number of hydrogen-bond acceptors (Lipinski definition) is 5. The molecule has 0 atom stereocenters. The Morgan fingerprint density at radius 1 is 1.03 bits per heavy atom. The van der Waals surface area contributed by atoms with Gasteiger partial charge in [0.05, 0.1) is 5.52 Å². The molecule has 1 N–H and O–H groups in total. The molecule has 1 saturated heterocycles. The summed E-state index contributed by atoms with van der Waals surface area (Å²) in [6.45, 7) is 6.07. The van der Waals surface area contributed by atoms with E-state index in [0.717, 1.165) is 91.8 Å². The number of carbonyl (C=O) groups is 1. The van der Waals surface area contributed by atoms with E-state index in [2.05, 4.69) is 33.1 Å². The Labute approximate surface area is 209 Å². The van der Waals surface area contributed by atoms with Gasteiger partial charge in [0.25, 0.3) is 0 Å². The van der Waals surface area contributed by atoms with E-state index in [4.69, 9.17) is 4.98 Å². The van der Waals surface area contributed by atoms with E-state index in [1.54, 1.807) is 6.92 Å². The molecule has 9 nitrogen and oxygen atoms in total. The molecule has 36 heavy (non-hydrogen) atoms. The van der Waals surface area contributed by atoms with Gasteiger partial charge in [0.2, 0.25) is 5.91 Å². The molecule has 0 spiro atoms. The summed E-state index contributed by atoms with van der Waals surface area (Å²) in [6.07, 6.45) is 11.9. The molecule has 0 radical (unpaired) electrons. The molecule has 1 aliphatic heterocycles. The van der Waals surface area contributed by atoms with Crippen LogP contribution in [-0.2, 0) is 11.3 Å². The number of rotatable bonds is 5. The third-order valence-corrected chi connectivity index (χ3v) is 7.52. The zero-order chi connectivity index (χ0) is 24.6. The Morgan fingerprint density at radius 3 is 2.61 bits per heavy atom. The third-order valence-electron chi connectivity index (χ3n) is 7.52. The fourth-order valence-electron chi connectivity index (χ4n) is 5.41. The second-order valence-corrected chi connectivity index (χ2v) is 9.76. The molecule has 9 heteroatoms. The van der Waals surface area contributed by atoms with Crippen LogP contribution in [0.4, 0.5) is 0 Å². The van der Waals surface area contributed by atoms with Crippen molar-refractivity contribution in [3.05, 3.63) is 53.3 Å². The highest BCUT2D eigenvalue weighted by Gasteiger charge is 2.22. The first-order valence-electron chi connectivity index (χ1n) is 12.8. The van der Waals surface area contributed by atoms with Crippen molar-refractivity contribution in [3.8, 4) is 11.1 Å². The van der Waals surface area contributed by atoms with Crippen LogP contribution in [0.5, 0.6) is 0 Å². The molecular weight excluding hydrogens is 454 g/mol. The zero-order valence-corrected chi connectivity index (χ0v) is 20.6. The quantitative estimate of drug-likeness (QED) is 0.468. The number of aromatic nitrogens is 5. The summed E-state index contributed by atoms with van der Waals surface area (Å²) in [6, 6.07) is 6.18. The van der Waals surface area contributed by atoms with Crippen molar-refractivity contribution in [1.82, 2.24) is 33.9 Å². The number of fused-ring (bicyclic) bond motifs is 2. The van der Waals surface area contributed by atoms with Gasteiger partial charge in [0.1, 0.15) is 5.65 Å². The van der Waals surface area contributed by atoms with Gasteiger partial charge in [0, 0.05) is 87.0 Å². The maximum absolute atomic E-state index is 13.7. The molecule has 4 aromatic rings. The van der Waals surface area contributed by atoms with Gasteiger partial charge in [-0.05, 0) is 43.9 Å². The average molecular weight is 486 g/mol. The maximum Gasteiger partial charge on any atom is 0.334 e. The monoisotopic (exact) mass is 485 g/mol. The van der Waals surface area contributed by atoms with Crippen LogP contribution in [0.2, 0.25) is 0 Å². The van der Waals surface area contributed by atoms with Crippen LogP contribution in [0.25, 0.3) is 39.0 Å². The molecule has 1 fully saturated rings. The Balaban J connectivity index is 1.37. The summed E-state index contributed by atoms with van der Waals surface area (Å²) in [4.78, 5) is 42.1. The smallest absolute Gasteiger partial charge is 0.334 e. The van der Waals surface area contributed by atoms with E-state index >= 15 is 0 Å². The number of carbonyl (C=O) groups excluding carboxylic acids is 1. The molecule has 6 rings (SSSR count). The Hall–Kier alpha value is -3.72. The fraction of sp³-hybridized carbons (Fsp3) is 0.407. The average Bonchev–Trinajstić information content (AvgIpc) is 3.49. The van der Waals surface area contributed by atoms with Gasteiger partial charge in [0.15, 0.2) is 5.65 Å². The van der Waals surface area contributed by atoms with Gasteiger partial charge >= 0.3 is 5.69 Å². The first-order valence-corrected chi connectivity index (χ1v) is 12.8. The minimum Gasteiger partial charge on any atom is -0.346 e. The van der Waals surface area contributed by atoms with Gasteiger partial charge < -0.3 is 9.88 Å². The van der Waals surface area contributed by atoms with Crippen LogP contribution in [0.15, 0.2) is 47.7 Å². The summed E-state index contributed by atoms with van der Waals surface area (Å²) in [7, 11) is 0. The van der Waals surface area contributed by atoms with Crippen molar-refractivity contribution in [2.24, 2.45) is 0 Å². The Morgan fingerprint density at radius 2 is 1.83 bits per heavy atom. The lowest BCUT2D eigenvalue weighted by atomic mass is 10.0. The second kappa shape index (κ2) is 9.39. The summed E-state index contributed by atoms with van der Waals surface area (Å²) >= 11 is 0. The first kappa shape index (κ1) is 22.7. The van der Waals surface area contributed by atoms with E-state index in [1.165, 1.54) is 0 Å². The number of nitrogens with zero attached hydrogens (tertiary/aromatic N) is 6. The number of H-pyrrole nitrogens is 1. The summed E-state index contributed by atoms with van der Waals surface area (Å²) in [5, 5.41) is 1.04. The van der Waals surface area contributed by atoms with Crippen molar-refractivity contribution < 1.29 is 4.79 Å². The molecular formula is C27H31N7O2. The molecule has 0 aromatic carbocycles. The van der Waals surface area contributed by atoms with Crippen LogP contribution in [0, 0.1) is 0 Å². The third kappa shape index (κ3) is 4.13. The van der Waals surface area contributed by atoms with Crippen molar-refractivity contribution in [2.45, 2.75) is 39.2 Å². The lowest BCUT2D eigenvalue weighted by Gasteiger charge is -2.34. The minimum atomic E-state index is -0.0237. The van der Waals surface area contributed by atoms with E-state index in [-0.39, 0.29) is 11.6 Å². The molecule has 186 valence electrons. The summed E-state index contributed by atoms with van der Waals surface area (Å²) in [5.74, 6) is 0.126. The Bertz CT molecular complexity index is 1520. The molecule has 0 unspecified atom stereocenters. The van der Waals surface area contributed by atoms with E-state index < -0.39 is 0 Å². The van der Waals surface area contributed by atoms with Crippen molar-refractivity contribution >= 4 is 33.8 Å². The summed E-state index contributed by atoms with van der Waals surface area (Å²) in [5.41, 5.74) is 5.36. The van der Waals surface area contributed by atoms with Crippen LogP contribution in [0.3, 0.4) is 0 Å². The van der Waals surface area contributed by atoms with Crippen molar-refractivity contribution in [3.63, 3.8) is 0 Å². The molecule has 0 bridgehead atoms. The minimum absolute atomic E-state index is 0.0237. The first-order chi connectivity index (χ1) is 17.6. The lowest BCUT2D eigenvalue weighted by Crippen LogP contribution is -2.48. The van der Waals surface area contributed by atoms with Crippen molar-refractivity contribution in [2.75, 3.05) is 32.7 Å². The Kier molecular flexibility index (Phi) is 5.92. The standard InChI is InChI=1S/C27H31N7O2/c1-19(35)32-12-9-31(10-13-32)11-14-33-24-16-22(21-15-20-7-8-28-25(20)29-17-21)18-30-26(24)34(27(33)36)23-5-3-2-4-6-23/h5,7-8,15-18H,2-4,6,9-14H2,1H3,(H,28,29). The highest BCUT2D eigenvalue weighted by Crippen LogP contribution is 2.28. The maximum atomic E-state index is 13.7. The molecule has 4 aromatic heterocycles. The SMILES string of the molecule is CC(=O)N1CCN(CCn2c(=O)n(C3=CCCCC3)c3ncc(-c4cnc5[nH]ccc5c4)cc32)CC1. The van der Waals surface area contributed by atoms with E-state index in [0.29, 0.717) is 12.2 Å². The number of pyridine rings is 2. The molecule has 2 aliphatic rings. The number of amides is 1. The van der Waals surface area contributed by atoms with Crippen LogP contribution in [-0.4, -0.2) is 72.5 Å². The largest absolute Gasteiger partial charge is 0.346 e. The predicted molar refractivity (Wildman–Crippen MR) is 141 cm³/mol.